The molecule has 0 radical (unpaired) electrons. The van der Waals surface area contributed by atoms with Crippen molar-refractivity contribution < 1.29 is 4.74 Å². The van der Waals surface area contributed by atoms with Crippen LogP contribution in [0, 0.1) is 0 Å². The zero-order valence-electron chi connectivity index (χ0n) is 11.2. The Bertz CT molecular complexity index is 524. The number of nitrogens with one attached hydrogen (secondary N) is 1. The summed E-state index contributed by atoms with van der Waals surface area (Å²) in [6, 6.07) is 12.4. The highest BCUT2D eigenvalue weighted by Crippen LogP contribution is 2.22. The van der Waals surface area contributed by atoms with E-state index in [0.29, 0.717) is 0 Å². The molecule has 0 bridgehead atoms. The minimum absolute atomic E-state index is 0.203. The average Bonchev–Trinajstić information content (AvgIpc) is 2.77. The molecule has 2 nitrogen and oxygen atoms in total. The van der Waals surface area contributed by atoms with Crippen LogP contribution in [0.1, 0.15) is 24.3 Å². The summed E-state index contributed by atoms with van der Waals surface area (Å²) >= 11 is 5.24. The van der Waals surface area contributed by atoms with Gasteiger partial charge in [0.25, 0.3) is 0 Å². The molecule has 102 valence electrons. The van der Waals surface area contributed by atoms with Crippen molar-refractivity contribution in [1.29, 1.82) is 0 Å². The normalized spacial score (nSPS) is 10.9. The largest absolute Gasteiger partial charge is 0.491 e. The van der Waals surface area contributed by atoms with E-state index >= 15 is 0 Å². The number of thiophene rings is 1. The topological polar surface area (TPSA) is 21.3 Å². The maximum atomic E-state index is 5.81. The molecule has 2 rings (SSSR count). The molecule has 0 saturated heterocycles. The van der Waals surface area contributed by atoms with Crippen LogP contribution in [-0.4, -0.2) is 6.10 Å². The fourth-order valence-corrected chi connectivity index (χ4v) is 3.24. The molecule has 1 aromatic heterocycles. The van der Waals surface area contributed by atoms with Crippen molar-refractivity contribution in [3.8, 4) is 5.75 Å². The molecule has 1 aromatic carbocycles. The van der Waals surface area contributed by atoms with E-state index in [1.54, 1.807) is 11.3 Å². The van der Waals surface area contributed by atoms with Gasteiger partial charge in [-0.1, -0.05) is 18.2 Å². The third-order valence-electron chi connectivity index (χ3n) is 2.58. The van der Waals surface area contributed by atoms with Crippen LogP contribution in [0.25, 0.3) is 0 Å². The predicted octanol–water partition coefficient (Wildman–Crippen LogP) is 4.59. The summed E-state index contributed by atoms with van der Waals surface area (Å²) < 4.78 is 6.98. The van der Waals surface area contributed by atoms with Crippen LogP contribution in [0.4, 0.5) is 0 Å². The molecular weight excluding hydrogens is 322 g/mol. The summed E-state index contributed by atoms with van der Waals surface area (Å²) in [6.07, 6.45) is 0.203. The van der Waals surface area contributed by atoms with E-state index in [-0.39, 0.29) is 6.10 Å². The lowest BCUT2D eigenvalue weighted by Gasteiger charge is -2.14. The second-order valence-electron chi connectivity index (χ2n) is 4.58. The fourth-order valence-electron chi connectivity index (χ4n) is 1.79. The first-order chi connectivity index (χ1) is 9.15. The lowest BCUT2D eigenvalue weighted by atomic mass is 10.2. The van der Waals surface area contributed by atoms with Crippen molar-refractivity contribution >= 4 is 27.3 Å². The van der Waals surface area contributed by atoms with E-state index in [2.05, 4.69) is 39.4 Å². The van der Waals surface area contributed by atoms with Gasteiger partial charge in [-0.2, -0.15) is 0 Å². The van der Waals surface area contributed by atoms with Gasteiger partial charge < -0.3 is 10.1 Å². The van der Waals surface area contributed by atoms with Crippen molar-refractivity contribution in [2.75, 3.05) is 0 Å². The van der Waals surface area contributed by atoms with Crippen LogP contribution in [-0.2, 0) is 13.1 Å². The first-order valence-electron chi connectivity index (χ1n) is 6.34. The molecule has 1 heterocycles. The van der Waals surface area contributed by atoms with Crippen molar-refractivity contribution in [2.45, 2.75) is 33.0 Å². The SMILES string of the molecule is CC(C)Oc1ccccc1CNCc1ccc(Br)s1. The predicted molar refractivity (Wildman–Crippen MR) is 84.8 cm³/mol. The lowest BCUT2D eigenvalue weighted by molar-refractivity contribution is 0.239. The van der Waals surface area contributed by atoms with Crippen LogP contribution in [0.3, 0.4) is 0 Å². The molecule has 4 heteroatoms. The van der Waals surface area contributed by atoms with Gasteiger partial charge in [0.2, 0.25) is 0 Å². The van der Waals surface area contributed by atoms with Crippen molar-refractivity contribution in [3.05, 3.63) is 50.6 Å². The fraction of sp³-hybridized carbons (Fsp3) is 0.333. The summed E-state index contributed by atoms with van der Waals surface area (Å²) in [5.74, 6) is 0.970. The van der Waals surface area contributed by atoms with Crippen molar-refractivity contribution in [3.63, 3.8) is 0 Å². The number of ether oxygens (including phenoxy) is 1. The zero-order chi connectivity index (χ0) is 13.7. The zero-order valence-corrected chi connectivity index (χ0v) is 13.6. The van der Waals surface area contributed by atoms with Crippen LogP contribution in [0.2, 0.25) is 0 Å². The highest BCUT2D eigenvalue weighted by molar-refractivity contribution is 9.11. The maximum absolute atomic E-state index is 5.81. The quantitative estimate of drug-likeness (QED) is 0.831. The molecular formula is C15H18BrNOS. The Morgan fingerprint density at radius 1 is 1.16 bits per heavy atom. The first-order valence-corrected chi connectivity index (χ1v) is 7.95. The maximum Gasteiger partial charge on any atom is 0.124 e. The van der Waals surface area contributed by atoms with Crippen LogP contribution < -0.4 is 10.1 Å². The van der Waals surface area contributed by atoms with Gasteiger partial charge in [0.15, 0.2) is 0 Å². The second kappa shape index (κ2) is 7.08. The first kappa shape index (κ1) is 14.6. The second-order valence-corrected chi connectivity index (χ2v) is 7.13. The monoisotopic (exact) mass is 339 g/mol. The van der Waals surface area contributed by atoms with E-state index in [0.717, 1.165) is 18.8 Å². The molecule has 0 fully saturated rings. The van der Waals surface area contributed by atoms with Gasteiger partial charge in [-0.25, -0.2) is 0 Å². The molecule has 1 N–H and O–H groups in total. The standard InChI is InChI=1S/C15H18BrNOS/c1-11(2)18-14-6-4-3-5-12(14)9-17-10-13-7-8-15(16)19-13/h3-8,11,17H,9-10H2,1-2H3. The van der Waals surface area contributed by atoms with Gasteiger partial charge in [0.1, 0.15) is 5.75 Å². The van der Waals surface area contributed by atoms with Crippen LogP contribution >= 0.6 is 27.3 Å². The lowest BCUT2D eigenvalue weighted by Crippen LogP contribution is -2.14. The molecule has 0 atom stereocenters. The number of hydrogen-bond donors (Lipinski definition) is 1. The Morgan fingerprint density at radius 3 is 2.63 bits per heavy atom. The summed E-state index contributed by atoms with van der Waals surface area (Å²) in [5.41, 5.74) is 1.20. The summed E-state index contributed by atoms with van der Waals surface area (Å²) in [7, 11) is 0. The van der Waals surface area contributed by atoms with Gasteiger partial charge in [-0.3, -0.25) is 0 Å². The van der Waals surface area contributed by atoms with Gasteiger partial charge in [0, 0.05) is 23.5 Å². The Morgan fingerprint density at radius 2 is 1.95 bits per heavy atom. The molecule has 0 saturated carbocycles. The van der Waals surface area contributed by atoms with Gasteiger partial charge in [-0.15, -0.1) is 11.3 Å². The minimum Gasteiger partial charge on any atom is -0.491 e. The summed E-state index contributed by atoms with van der Waals surface area (Å²) in [4.78, 5) is 1.33. The van der Waals surface area contributed by atoms with E-state index < -0.39 is 0 Å². The Kier molecular flexibility index (Phi) is 5.43. The summed E-state index contributed by atoms with van der Waals surface area (Å²) in [6.45, 7) is 5.80. The minimum atomic E-state index is 0.203. The number of halogens is 1. The highest BCUT2D eigenvalue weighted by atomic mass is 79.9. The number of para-hydroxylation sites is 1. The van der Waals surface area contributed by atoms with E-state index in [1.165, 1.54) is 14.2 Å². The third-order valence-corrected chi connectivity index (χ3v) is 4.20. The molecule has 19 heavy (non-hydrogen) atoms. The molecule has 0 amide bonds. The Labute approximate surface area is 126 Å². The van der Waals surface area contributed by atoms with Gasteiger partial charge in [0.05, 0.1) is 9.89 Å². The number of hydrogen-bond acceptors (Lipinski definition) is 3. The number of rotatable bonds is 6. The van der Waals surface area contributed by atoms with E-state index in [4.69, 9.17) is 4.74 Å². The molecule has 0 aliphatic carbocycles. The average molecular weight is 340 g/mol. The third kappa shape index (κ3) is 4.64. The Hall–Kier alpha value is -0.840. The van der Waals surface area contributed by atoms with E-state index in [9.17, 15) is 0 Å². The highest BCUT2D eigenvalue weighted by Gasteiger charge is 2.05. The van der Waals surface area contributed by atoms with Crippen molar-refractivity contribution in [2.24, 2.45) is 0 Å². The molecule has 0 unspecified atom stereocenters. The summed E-state index contributed by atoms with van der Waals surface area (Å²) in [5, 5.41) is 3.45. The van der Waals surface area contributed by atoms with Gasteiger partial charge in [-0.05, 0) is 48.0 Å². The molecule has 0 spiro atoms. The van der Waals surface area contributed by atoms with Crippen molar-refractivity contribution in [1.82, 2.24) is 5.32 Å². The smallest absolute Gasteiger partial charge is 0.124 e. The Balaban J connectivity index is 1.92. The van der Waals surface area contributed by atoms with Gasteiger partial charge >= 0.3 is 0 Å². The molecule has 0 aliphatic rings. The van der Waals surface area contributed by atoms with Crippen LogP contribution in [0.15, 0.2) is 40.2 Å². The molecule has 0 aliphatic heterocycles. The van der Waals surface area contributed by atoms with E-state index in [1.807, 2.05) is 32.0 Å². The van der Waals surface area contributed by atoms with Crippen LogP contribution in [0.5, 0.6) is 5.75 Å². The number of benzene rings is 1. The molecule has 2 aromatic rings.